The summed E-state index contributed by atoms with van der Waals surface area (Å²) in [5, 5.41) is 4.15. The SMILES string of the molecule is Cc1csc(-c2c(N)sc3c2CC(C)(C)CC3)n1. The molecule has 0 saturated heterocycles. The summed E-state index contributed by atoms with van der Waals surface area (Å²) in [7, 11) is 0. The van der Waals surface area contributed by atoms with E-state index in [0.717, 1.165) is 22.1 Å². The van der Waals surface area contributed by atoms with Crippen molar-refractivity contribution in [3.63, 3.8) is 0 Å². The fourth-order valence-electron chi connectivity index (χ4n) is 2.64. The zero-order chi connectivity index (χ0) is 12.9. The number of nitrogens with zero attached hydrogens (tertiary/aromatic N) is 1. The fourth-order valence-corrected chi connectivity index (χ4v) is 4.68. The van der Waals surface area contributed by atoms with Crippen LogP contribution >= 0.6 is 22.7 Å². The Morgan fingerprint density at radius 1 is 1.39 bits per heavy atom. The lowest BCUT2D eigenvalue weighted by Crippen LogP contribution is -2.21. The average molecular weight is 278 g/mol. The Morgan fingerprint density at radius 3 is 2.83 bits per heavy atom. The van der Waals surface area contributed by atoms with Crippen LogP contribution in [0.1, 0.15) is 36.4 Å². The standard InChI is InChI=1S/C14H18N2S2/c1-8-7-17-13(16-8)11-9-6-14(2,3)5-4-10(9)18-12(11)15/h7H,4-6,15H2,1-3H3. The van der Waals surface area contributed by atoms with E-state index in [1.807, 2.05) is 6.92 Å². The Morgan fingerprint density at radius 2 is 2.17 bits per heavy atom. The zero-order valence-corrected chi connectivity index (χ0v) is 12.7. The molecule has 96 valence electrons. The van der Waals surface area contributed by atoms with E-state index in [1.54, 1.807) is 22.7 Å². The van der Waals surface area contributed by atoms with Gasteiger partial charge in [-0.25, -0.2) is 4.98 Å². The Bertz CT molecular complexity index is 593. The number of thiophene rings is 1. The highest BCUT2D eigenvalue weighted by atomic mass is 32.1. The van der Waals surface area contributed by atoms with E-state index in [2.05, 4.69) is 24.2 Å². The van der Waals surface area contributed by atoms with Gasteiger partial charge in [0.2, 0.25) is 0 Å². The smallest absolute Gasteiger partial charge is 0.126 e. The molecule has 0 saturated carbocycles. The molecular formula is C14H18N2S2. The number of nitrogens with two attached hydrogens (primary N) is 1. The Hall–Kier alpha value is -0.870. The summed E-state index contributed by atoms with van der Waals surface area (Å²) in [6.45, 7) is 6.74. The molecule has 2 nitrogen and oxygen atoms in total. The van der Waals surface area contributed by atoms with E-state index in [0.29, 0.717) is 5.41 Å². The van der Waals surface area contributed by atoms with Gasteiger partial charge in [-0.15, -0.1) is 22.7 Å². The number of rotatable bonds is 1. The van der Waals surface area contributed by atoms with Crippen LogP contribution < -0.4 is 5.73 Å². The lowest BCUT2D eigenvalue weighted by Gasteiger charge is -2.29. The molecule has 1 aliphatic carbocycles. The maximum Gasteiger partial charge on any atom is 0.126 e. The number of aryl methyl sites for hydroxylation is 2. The van der Waals surface area contributed by atoms with Crippen LogP contribution in [-0.4, -0.2) is 4.98 Å². The second kappa shape index (κ2) is 4.07. The van der Waals surface area contributed by atoms with Gasteiger partial charge in [-0.2, -0.15) is 0 Å². The van der Waals surface area contributed by atoms with Crippen LogP contribution in [0.5, 0.6) is 0 Å². The first-order valence-corrected chi connectivity index (χ1v) is 7.98. The minimum Gasteiger partial charge on any atom is -0.390 e. The largest absolute Gasteiger partial charge is 0.390 e. The van der Waals surface area contributed by atoms with Crippen molar-refractivity contribution in [3.8, 4) is 10.6 Å². The van der Waals surface area contributed by atoms with Crippen LogP contribution in [0.3, 0.4) is 0 Å². The van der Waals surface area contributed by atoms with Crippen LogP contribution in [0.4, 0.5) is 5.00 Å². The van der Waals surface area contributed by atoms with Crippen LogP contribution in [0.25, 0.3) is 10.6 Å². The first-order valence-electron chi connectivity index (χ1n) is 6.29. The molecule has 0 aromatic carbocycles. The summed E-state index contributed by atoms with van der Waals surface area (Å²) in [5.41, 5.74) is 10.4. The topological polar surface area (TPSA) is 38.9 Å². The summed E-state index contributed by atoms with van der Waals surface area (Å²) in [6.07, 6.45) is 3.56. The molecule has 4 heteroatoms. The normalized spacial score (nSPS) is 17.7. The fraction of sp³-hybridized carbons (Fsp3) is 0.500. The predicted molar refractivity (Wildman–Crippen MR) is 80.4 cm³/mol. The maximum absolute atomic E-state index is 6.24. The molecule has 2 aromatic rings. The maximum atomic E-state index is 6.24. The molecule has 18 heavy (non-hydrogen) atoms. The minimum atomic E-state index is 0.390. The second-order valence-corrected chi connectivity index (χ2v) is 7.87. The molecule has 3 rings (SSSR count). The molecule has 0 aliphatic heterocycles. The van der Waals surface area contributed by atoms with E-state index in [9.17, 15) is 0 Å². The number of thiazole rings is 1. The molecule has 0 bridgehead atoms. The van der Waals surface area contributed by atoms with Gasteiger partial charge in [0.15, 0.2) is 0 Å². The highest BCUT2D eigenvalue weighted by molar-refractivity contribution is 7.18. The number of hydrogen-bond donors (Lipinski definition) is 1. The van der Waals surface area contributed by atoms with Crippen molar-refractivity contribution in [1.82, 2.24) is 4.98 Å². The van der Waals surface area contributed by atoms with Crippen molar-refractivity contribution in [3.05, 3.63) is 21.5 Å². The number of hydrogen-bond acceptors (Lipinski definition) is 4. The lowest BCUT2D eigenvalue weighted by molar-refractivity contribution is 0.318. The Kier molecular flexibility index (Phi) is 2.75. The number of nitrogen functional groups attached to an aromatic ring is 1. The quantitative estimate of drug-likeness (QED) is 0.845. The van der Waals surface area contributed by atoms with Gasteiger partial charge in [-0.1, -0.05) is 13.8 Å². The molecule has 1 aliphatic rings. The van der Waals surface area contributed by atoms with Gasteiger partial charge in [0.25, 0.3) is 0 Å². The van der Waals surface area contributed by atoms with E-state index in [-0.39, 0.29) is 0 Å². The first kappa shape index (κ1) is 12.2. The molecule has 0 spiro atoms. The van der Waals surface area contributed by atoms with Crippen molar-refractivity contribution >= 4 is 27.7 Å². The zero-order valence-electron chi connectivity index (χ0n) is 11.0. The predicted octanol–water partition coefficient (Wildman–Crippen LogP) is 4.28. The lowest BCUT2D eigenvalue weighted by atomic mass is 9.76. The van der Waals surface area contributed by atoms with Crippen molar-refractivity contribution in [2.45, 2.75) is 40.0 Å². The van der Waals surface area contributed by atoms with Gasteiger partial charge in [-0.3, -0.25) is 0 Å². The first-order chi connectivity index (χ1) is 8.46. The van der Waals surface area contributed by atoms with Gasteiger partial charge in [0, 0.05) is 21.5 Å². The highest BCUT2D eigenvalue weighted by Gasteiger charge is 2.30. The molecule has 2 aromatic heterocycles. The summed E-state index contributed by atoms with van der Waals surface area (Å²) in [5.74, 6) is 0. The molecule has 0 atom stereocenters. The number of fused-ring (bicyclic) bond motifs is 1. The van der Waals surface area contributed by atoms with Gasteiger partial charge >= 0.3 is 0 Å². The molecule has 0 radical (unpaired) electrons. The van der Waals surface area contributed by atoms with Crippen LogP contribution in [-0.2, 0) is 12.8 Å². The van der Waals surface area contributed by atoms with Crippen molar-refractivity contribution < 1.29 is 0 Å². The van der Waals surface area contributed by atoms with Crippen LogP contribution in [0.2, 0.25) is 0 Å². The second-order valence-electron chi connectivity index (χ2n) is 5.88. The monoisotopic (exact) mass is 278 g/mol. The Balaban J connectivity index is 2.13. The van der Waals surface area contributed by atoms with Gasteiger partial charge in [0.05, 0.1) is 5.00 Å². The summed E-state index contributed by atoms with van der Waals surface area (Å²) < 4.78 is 0. The van der Waals surface area contributed by atoms with Gasteiger partial charge in [0.1, 0.15) is 5.01 Å². The Labute approximate surface area is 116 Å². The third kappa shape index (κ3) is 1.97. The van der Waals surface area contributed by atoms with E-state index in [4.69, 9.17) is 5.73 Å². The van der Waals surface area contributed by atoms with Crippen molar-refractivity contribution in [1.29, 1.82) is 0 Å². The molecule has 2 heterocycles. The molecule has 0 unspecified atom stereocenters. The van der Waals surface area contributed by atoms with Crippen LogP contribution in [0.15, 0.2) is 5.38 Å². The third-order valence-corrected chi connectivity index (χ3v) is 5.73. The van der Waals surface area contributed by atoms with Gasteiger partial charge in [-0.05, 0) is 37.2 Å². The summed E-state index contributed by atoms with van der Waals surface area (Å²) in [6, 6.07) is 0. The third-order valence-electron chi connectivity index (χ3n) is 3.63. The van der Waals surface area contributed by atoms with E-state index >= 15 is 0 Å². The van der Waals surface area contributed by atoms with Crippen molar-refractivity contribution in [2.75, 3.05) is 5.73 Å². The molecule has 0 fully saturated rings. The highest BCUT2D eigenvalue weighted by Crippen LogP contribution is 2.47. The molecule has 0 amide bonds. The summed E-state index contributed by atoms with van der Waals surface area (Å²) in [4.78, 5) is 6.10. The van der Waals surface area contributed by atoms with Gasteiger partial charge < -0.3 is 5.73 Å². The molecular weight excluding hydrogens is 260 g/mol. The van der Waals surface area contributed by atoms with Crippen molar-refractivity contribution in [2.24, 2.45) is 5.41 Å². The van der Waals surface area contributed by atoms with E-state index < -0.39 is 0 Å². The average Bonchev–Trinajstić information content (AvgIpc) is 2.80. The number of anilines is 1. The minimum absolute atomic E-state index is 0.390. The summed E-state index contributed by atoms with van der Waals surface area (Å²) >= 11 is 3.48. The van der Waals surface area contributed by atoms with E-state index in [1.165, 1.54) is 28.8 Å². The molecule has 2 N–H and O–H groups in total. The number of aromatic nitrogens is 1. The van der Waals surface area contributed by atoms with Crippen LogP contribution in [0, 0.1) is 12.3 Å².